The van der Waals surface area contributed by atoms with Gasteiger partial charge in [-0.15, -0.1) is 0 Å². The molecule has 1 aliphatic rings. The first-order valence-electron chi connectivity index (χ1n) is 1.74. The van der Waals surface area contributed by atoms with Crippen molar-refractivity contribution in [2.24, 2.45) is 0 Å². The molecule has 0 amide bonds. The van der Waals surface area contributed by atoms with Crippen molar-refractivity contribution in [3.8, 4) is 0 Å². The summed E-state index contributed by atoms with van der Waals surface area (Å²) < 4.78 is 2.57. The molecular formula is C3H6AsSb. The van der Waals surface area contributed by atoms with Gasteiger partial charge >= 0.3 is 45.4 Å². The van der Waals surface area contributed by atoms with E-state index in [0.29, 0.717) is 18.0 Å². The number of hydrogen-bond acceptors (Lipinski definition) is 0. The third-order valence-electron chi connectivity index (χ3n) is 0.568. The zero-order chi connectivity index (χ0) is 3.54. The minimum atomic E-state index is 0.298. The van der Waals surface area contributed by atoms with E-state index in [4.69, 9.17) is 0 Å². The predicted molar refractivity (Wildman–Crippen MR) is 28.4 cm³/mol. The summed E-state index contributed by atoms with van der Waals surface area (Å²) in [6.07, 6.45) is 1.49. The fourth-order valence-electron chi connectivity index (χ4n) is 0.323. The van der Waals surface area contributed by atoms with E-state index >= 15 is 0 Å². The van der Waals surface area contributed by atoms with Crippen LogP contribution in [0.15, 0.2) is 0 Å². The van der Waals surface area contributed by atoms with Crippen LogP contribution in [0.25, 0.3) is 0 Å². The molecule has 0 spiro atoms. The zero-order valence-corrected chi connectivity index (χ0v) is 7.67. The first kappa shape index (κ1) is 4.41. The molecule has 1 aliphatic heterocycles. The average molecular weight is 239 g/mol. The van der Waals surface area contributed by atoms with Crippen molar-refractivity contribution in [1.29, 1.82) is 0 Å². The van der Waals surface area contributed by atoms with Gasteiger partial charge in [-0.2, -0.15) is 0 Å². The zero-order valence-electron chi connectivity index (χ0n) is 2.94. The molecule has 0 aromatic rings. The Morgan fingerprint density at radius 3 is 3.00 bits per heavy atom. The monoisotopic (exact) mass is 238 g/mol. The van der Waals surface area contributed by atoms with Gasteiger partial charge in [0.15, 0.2) is 0 Å². The van der Waals surface area contributed by atoms with Crippen LogP contribution >= 0.6 is 0 Å². The molecule has 28 valence electrons. The summed E-state index contributed by atoms with van der Waals surface area (Å²) in [4.78, 5) is 0. The predicted octanol–water partition coefficient (Wildman–Crippen LogP) is -0.334. The van der Waals surface area contributed by atoms with Crippen molar-refractivity contribution in [2.75, 3.05) is 0 Å². The molecule has 0 fully saturated rings. The average Bonchev–Trinajstić information content (AvgIpc) is 1.76. The fraction of sp³-hybridized carbons (Fsp3) is 0.667. The molecule has 1 heterocycles. The summed E-state index contributed by atoms with van der Waals surface area (Å²) in [6, 6.07) is 0. The number of rotatable bonds is 0. The Bertz CT molecular complexity index is 72.9. The van der Waals surface area contributed by atoms with Gasteiger partial charge in [0.1, 0.15) is 0 Å². The molecule has 0 aromatic heterocycles. The van der Waals surface area contributed by atoms with Crippen LogP contribution in [0.3, 0.4) is 0 Å². The van der Waals surface area contributed by atoms with Crippen LogP contribution < -0.4 is 0 Å². The molecular weight excluding hydrogens is 233 g/mol. The molecule has 0 radical (unpaired) electrons. The van der Waals surface area contributed by atoms with Crippen LogP contribution in [0.1, 0.15) is 6.42 Å². The van der Waals surface area contributed by atoms with Gasteiger partial charge in [0, 0.05) is 0 Å². The van der Waals surface area contributed by atoms with E-state index in [9.17, 15) is 0 Å². The molecule has 0 unspecified atom stereocenters. The maximum atomic E-state index is 2.57. The Morgan fingerprint density at radius 1 is 1.80 bits per heavy atom. The second kappa shape index (κ2) is 2.42. The van der Waals surface area contributed by atoms with Crippen LogP contribution in [-0.2, 0) is 0 Å². The maximum absolute atomic E-state index is 2.57. The van der Waals surface area contributed by atoms with Gasteiger partial charge in [-0.1, -0.05) is 0 Å². The molecule has 5 heavy (non-hydrogen) atoms. The van der Waals surface area contributed by atoms with Gasteiger partial charge in [0.2, 0.25) is 0 Å². The van der Waals surface area contributed by atoms with Crippen molar-refractivity contribution in [2.45, 2.75) is 11.6 Å². The third-order valence-corrected chi connectivity index (χ3v) is 11.9. The van der Waals surface area contributed by atoms with Crippen molar-refractivity contribution in [3.05, 3.63) is 0 Å². The van der Waals surface area contributed by atoms with E-state index in [2.05, 4.69) is 3.95 Å². The van der Waals surface area contributed by atoms with Gasteiger partial charge in [-0.25, -0.2) is 0 Å². The SMILES string of the molecule is [CH]1=[SbH]=[As]CC1. The van der Waals surface area contributed by atoms with Crippen LogP contribution in [0.2, 0.25) is 5.21 Å². The van der Waals surface area contributed by atoms with Gasteiger partial charge in [-0.05, 0) is 0 Å². The van der Waals surface area contributed by atoms with Crippen LogP contribution in [0.4, 0.5) is 0 Å². The molecule has 0 saturated heterocycles. The third kappa shape index (κ3) is 1.42. The van der Waals surface area contributed by atoms with E-state index in [1.165, 1.54) is 6.42 Å². The molecule has 0 aromatic carbocycles. The van der Waals surface area contributed by atoms with Crippen LogP contribution in [-0.4, -0.2) is 33.7 Å². The van der Waals surface area contributed by atoms with E-state index in [0.717, 1.165) is 11.7 Å². The fourth-order valence-corrected chi connectivity index (χ4v) is 11.2. The second-order valence-electron chi connectivity index (χ2n) is 1.00. The Kier molecular flexibility index (Phi) is 2.14. The van der Waals surface area contributed by atoms with Crippen molar-refractivity contribution < 1.29 is 0 Å². The first-order chi connectivity index (χ1) is 2.50. The van der Waals surface area contributed by atoms with Gasteiger partial charge < -0.3 is 0 Å². The Balaban J connectivity index is 2.64. The summed E-state index contributed by atoms with van der Waals surface area (Å²) in [5, 5.41) is 1.61. The second-order valence-corrected chi connectivity index (χ2v) is 12.8. The van der Waals surface area contributed by atoms with Crippen LogP contribution in [0.5, 0.6) is 0 Å². The van der Waals surface area contributed by atoms with Crippen molar-refractivity contribution >= 4 is 33.7 Å². The summed E-state index contributed by atoms with van der Waals surface area (Å²) in [7, 11) is 0. The summed E-state index contributed by atoms with van der Waals surface area (Å²) in [5.41, 5.74) is 0. The molecule has 0 aliphatic carbocycles. The van der Waals surface area contributed by atoms with E-state index < -0.39 is 0 Å². The summed E-state index contributed by atoms with van der Waals surface area (Å²) >= 11 is 1.27. The molecule has 0 nitrogen and oxygen atoms in total. The minimum absolute atomic E-state index is 0.298. The van der Waals surface area contributed by atoms with Crippen LogP contribution in [0, 0.1) is 0 Å². The summed E-state index contributed by atoms with van der Waals surface area (Å²) in [5.74, 6) is 0. The van der Waals surface area contributed by atoms with E-state index in [1.807, 2.05) is 0 Å². The van der Waals surface area contributed by atoms with E-state index in [-0.39, 0.29) is 0 Å². The Morgan fingerprint density at radius 2 is 2.80 bits per heavy atom. The standard InChI is InChI=1S/C3H5As.Sb.H/c1-2-3-4;;/h1H,2-3H2;;. The Hall–Kier alpha value is 1.25. The van der Waals surface area contributed by atoms with E-state index in [1.54, 1.807) is 5.21 Å². The van der Waals surface area contributed by atoms with Crippen molar-refractivity contribution in [1.82, 2.24) is 0 Å². The normalized spacial score (nSPS) is 22.4. The molecule has 1 rings (SSSR count). The molecule has 0 atom stereocenters. The summed E-state index contributed by atoms with van der Waals surface area (Å²) in [6.45, 7) is 0. The quantitative estimate of drug-likeness (QED) is 0.507. The van der Waals surface area contributed by atoms with Gasteiger partial charge in [0.05, 0.1) is 0 Å². The first-order valence-corrected chi connectivity index (χ1v) is 12.3. The molecule has 0 bridgehead atoms. The van der Waals surface area contributed by atoms with Crippen molar-refractivity contribution in [3.63, 3.8) is 0 Å². The van der Waals surface area contributed by atoms with Gasteiger partial charge in [-0.3, -0.25) is 0 Å². The van der Waals surface area contributed by atoms with Gasteiger partial charge in [0.25, 0.3) is 0 Å². The molecule has 0 N–H and O–H groups in total. The molecule has 0 saturated carbocycles. The molecule has 2 heteroatoms. The topological polar surface area (TPSA) is 0 Å². The Labute approximate surface area is 45.2 Å². The number of hydrogen-bond donors (Lipinski definition) is 0.